The summed E-state index contributed by atoms with van der Waals surface area (Å²) in [6.07, 6.45) is 4.37. The highest BCUT2D eigenvalue weighted by molar-refractivity contribution is 5.85. The van der Waals surface area contributed by atoms with E-state index >= 15 is 0 Å². The van der Waals surface area contributed by atoms with Crippen LogP contribution >= 0.6 is 12.4 Å². The second-order valence-corrected chi connectivity index (χ2v) is 6.12. The molecule has 1 fully saturated rings. The normalized spacial score (nSPS) is 18.0. The first-order valence-corrected chi connectivity index (χ1v) is 8.23. The zero-order valence-corrected chi connectivity index (χ0v) is 14.6. The molecule has 1 aromatic heterocycles. The van der Waals surface area contributed by atoms with Gasteiger partial charge in [0.2, 0.25) is 11.8 Å². The molecule has 2 N–H and O–H groups in total. The van der Waals surface area contributed by atoms with E-state index in [2.05, 4.69) is 15.6 Å². The number of carbonyl (C=O) groups excluding carboxylic acids is 1. The lowest BCUT2D eigenvalue weighted by molar-refractivity contribution is -0.122. The van der Waals surface area contributed by atoms with Crippen LogP contribution in [0.4, 0.5) is 0 Å². The molecule has 1 saturated heterocycles. The van der Waals surface area contributed by atoms with Crippen LogP contribution < -0.4 is 10.6 Å². The Morgan fingerprint density at radius 3 is 2.92 bits per heavy atom. The summed E-state index contributed by atoms with van der Waals surface area (Å²) in [6.45, 7) is 4.00. The number of hydrogen-bond donors (Lipinski definition) is 2. The molecule has 0 saturated carbocycles. The van der Waals surface area contributed by atoms with E-state index in [9.17, 15) is 4.79 Å². The van der Waals surface area contributed by atoms with Crippen molar-refractivity contribution >= 4 is 18.3 Å². The Balaban J connectivity index is 0.00000208. The molecule has 0 bridgehead atoms. The van der Waals surface area contributed by atoms with Gasteiger partial charge < -0.3 is 15.1 Å². The smallest absolute Gasteiger partial charge is 0.220 e. The van der Waals surface area contributed by atoms with Crippen molar-refractivity contribution in [2.75, 3.05) is 13.1 Å². The van der Waals surface area contributed by atoms with E-state index in [1.54, 1.807) is 6.20 Å². The first-order chi connectivity index (χ1) is 11.2. The van der Waals surface area contributed by atoms with Gasteiger partial charge in [-0.25, -0.2) is 4.98 Å². The lowest BCUT2D eigenvalue weighted by Crippen LogP contribution is -2.27. The molecule has 2 heterocycles. The van der Waals surface area contributed by atoms with Crippen molar-refractivity contribution in [1.82, 2.24) is 15.6 Å². The Morgan fingerprint density at radius 2 is 2.21 bits per heavy atom. The molecule has 5 nitrogen and oxygen atoms in total. The molecule has 130 valence electrons. The van der Waals surface area contributed by atoms with Crippen molar-refractivity contribution < 1.29 is 9.21 Å². The summed E-state index contributed by atoms with van der Waals surface area (Å²) < 4.78 is 5.77. The summed E-state index contributed by atoms with van der Waals surface area (Å²) in [6, 6.07) is 9.61. The molecule has 2 atom stereocenters. The first-order valence-electron chi connectivity index (χ1n) is 8.23. The quantitative estimate of drug-likeness (QED) is 0.839. The molecule has 2 aromatic rings. The number of hydrogen-bond acceptors (Lipinski definition) is 4. The summed E-state index contributed by atoms with van der Waals surface area (Å²) in [5, 5.41) is 6.29. The van der Waals surface area contributed by atoms with E-state index in [0.717, 1.165) is 30.8 Å². The van der Waals surface area contributed by atoms with Crippen LogP contribution in [0.3, 0.4) is 0 Å². The van der Waals surface area contributed by atoms with Gasteiger partial charge in [-0.05, 0) is 38.8 Å². The molecule has 1 aliphatic heterocycles. The fourth-order valence-corrected chi connectivity index (χ4v) is 2.90. The van der Waals surface area contributed by atoms with Gasteiger partial charge in [-0.1, -0.05) is 30.3 Å². The Hall–Kier alpha value is -1.85. The lowest BCUT2D eigenvalue weighted by atomic mass is 10.0. The number of oxazole rings is 1. The number of nitrogens with zero attached hydrogens (tertiary/aromatic N) is 1. The van der Waals surface area contributed by atoms with Crippen LogP contribution in [-0.2, 0) is 4.79 Å². The monoisotopic (exact) mass is 349 g/mol. The summed E-state index contributed by atoms with van der Waals surface area (Å²) in [5.74, 6) is 1.95. The minimum atomic E-state index is -0.221. The largest absolute Gasteiger partial charge is 0.438 e. The minimum Gasteiger partial charge on any atom is -0.438 e. The predicted octanol–water partition coefficient (Wildman–Crippen LogP) is 3.33. The maximum Gasteiger partial charge on any atom is 0.220 e. The molecular formula is C18H24ClN3O2. The van der Waals surface area contributed by atoms with Gasteiger partial charge in [-0.3, -0.25) is 4.79 Å². The highest BCUT2D eigenvalue weighted by Crippen LogP contribution is 2.23. The molecule has 0 radical (unpaired) electrons. The van der Waals surface area contributed by atoms with Crippen molar-refractivity contribution in [2.45, 2.75) is 32.2 Å². The molecular weight excluding hydrogens is 326 g/mol. The van der Waals surface area contributed by atoms with E-state index in [4.69, 9.17) is 4.42 Å². The standard InChI is InChI=1S/C18H23N3O2.ClH/c1-13(21-17(22)8-7-14-9-10-19-11-14)18-20-12-16(23-18)15-5-3-2-4-6-15;/h2-6,12-14,19H,7-11H2,1H3,(H,21,22);1H. The van der Waals surface area contributed by atoms with E-state index in [-0.39, 0.29) is 24.4 Å². The maximum atomic E-state index is 12.1. The average molecular weight is 350 g/mol. The Bertz CT molecular complexity index is 639. The molecule has 1 aliphatic rings. The highest BCUT2D eigenvalue weighted by Gasteiger charge is 2.18. The number of carbonyl (C=O) groups is 1. The van der Waals surface area contributed by atoms with Gasteiger partial charge in [0, 0.05) is 12.0 Å². The van der Waals surface area contributed by atoms with E-state index in [1.165, 1.54) is 6.42 Å². The number of halogens is 1. The van der Waals surface area contributed by atoms with Crippen LogP contribution in [0.15, 0.2) is 40.9 Å². The van der Waals surface area contributed by atoms with Crippen molar-refractivity contribution in [2.24, 2.45) is 5.92 Å². The molecule has 0 spiro atoms. The van der Waals surface area contributed by atoms with E-state index < -0.39 is 0 Å². The molecule has 0 aliphatic carbocycles. The number of amides is 1. The van der Waals surface area contributed by atoms with Gasteiger partial charge >= 0.3 is 0 Å². The minimum absolute atomic E-state index is 0. The molecule has 6 heteroatoms. The van der Waals surface area contributed by atoms with Crippen LogP contribution in [0.5, 0.6) is 0 Å². The van der Waals surface area contributed by atoms with Gasteiger partial charge in [-0.2, -0.15) is 0 Å². The van der Waals surface area contributed by atoms with Crippen LogP contribution in [0, 0.1) is 5.92 Å². The molecule has 1 amide bonds. The second-order valence-electron chi connectivity index (χ2n) is 6.12. The maximum absolute atomic E-state index is 12.1. The van der Waals surface area contributed by atoms with Gasteiger partial charge in [0.15, 0.2) is 5.76 Å². The topological polar surface area (TPSA) is 67.2 Å². The second kappa shape index (κ2) is 8.85. The zero-order valence-electron chi connectivity index (χ0n) is 13.8. The average Bonchev–Trinajstić information content (AvgIpc) is 3.25. The lowest BCUT2D eigenvalue weighted by Gasteiger charge is -2.12. The third kappa shape index (κ3) is 4.82. The Labute approximate surface area is 148 Å². The number of benzene rings is 1. The third-order valence-electron chi connectivity index (χ3n) is 4.27. The van der Waals surface area contributed by atoms with Crippen molar-refractivity contribution in [1.29, 1.82) is 0 Å². The SMILES string of the molecule is CC(NC(=O)CCC1CCNC1)c1ncc(-c2ccccc2)o1.Cl. The summed E-state index contributed by atoms with van der Waals surface area (Å²) in [7, 11) is 0. The number of aromatic nitrogens is 1. The molecule has 24 heavy (non-hydrogen) atoms. The first kappa shape index (κ1) is 18.5. The molecule has 2 unspecified atom stereocenters. The predicted molar refractivity (Wildman–Crippen MR) is 96.0 cm³/mol. The van der Waals surface area contributed by atoms with Crippen molar-refractivity contribution in [3.63, 3.8) is 0 Å². The number of nitrogens with one attached hydrogen (secondary N) is 2. The van der Waals surface area contributed by atoms with Gasteiger partial charge in [0.05, 0.1) is 6.20 Å². The third-order valence-corrected chi connectivity index (χ3v) is 4.27. The fourth-order valence-electron chi connectivity index (χ4n) is 2.90. The van der Waals surface area contributed by atoms with E-state index in [0.29, 0.717) is 18.2 Å². The highest BCUT2D eigenvalue weighted by atomic mass is 35.5. The van der Waals surface area contributed by atoms with Crippen LogP contribution in [-0.4, -0.2) is 24.0 Å². The zero-order chi connectivity index (χ0) is 16.1. The van der Waals surface area contributed by atoms with Gasteiger partial charge in [0.1, 0.15) is 6.04 Å². The van der Waals surface area contributed by atoms with Crippen LogP contribution in [0.2, 0.25) is 0 Å². The molecule has 3 rings (SSSR count). The van der Waals surface area contributed by atoms with Gasteiger partial charge in [0.25, 0.3) is 0 Å². The Kier molecular flexibility index (Phi) is 6.82. The Morgan fingerprint density at radius 1 is 1.42 bits per heavy atom. The number of rotatable bonds is 6. The van der Waals surface area contributed by atoms with Crippen molar-refractivity contribution in [3.8, 4) is 11.3 Å². The fraction of sp³-hybridized carbons (Fsp3) is 0.444. The van der Waals surface area contributed by atoms with Crippen LogP contribution in [0.25, 0.3) is 11.3 Å². The van der Waals surface area contributed by atoms with Crippen molar-refractivity contribution in [3.05, 3.63) is 42.4 Å². The van der Waals surface area contributed by atoms with Gasteiger partial charge in [-0.15, -0.1) is 12.4 Å². The molecule has 1 aromatic carbocycles. The summed E-state index contributed by atoms with van der Waals surface area (Å²) >= 11 is 0. The van der Waals surface area contributed by atoms with Crippen LogP contribution in [0.1, 0.15) is 38.1 Å². The van der Waals surface area contributed by atoms with E-state index in [1.807, 2.05) is 37.3 Å². The summed E-state index contributed by atoms with van der Waals surface area (Å²) in [5.41, 5.74) is 0.985. The summed E-state index contributed by atoms with van der Waals surface area (Å²) in [4.78, 5) is 16.4.